The minimum atomic E-state index is -1.67. The quantitative estimate of drug-likeness (QED) is 0.0629. The molecular formula is C68H122N12O16. The van der Waals surface area contributed by atoms with Crippen LogP contribution < -0.4 is 26.6 Å². The first-order chi connectivity index (χ1) is 44.6. The van der Waals surface area contributed by atoms with Crippen LogP contribution in [0, 0.1) is 35.5 Å². The SMILES string of the molecule is C/C=C/C[C@@H](C)[C@@H](O)[C@H]1C(=O)N[C@@H](CC)C(=O)N(C)CC(=O)N(C)[C@@H]([C@@H](C)OC/C=C/CNC(CO)(CO)CO)C(=O)N[C@@H](C(C)C)C(=O)N(C)[C@H](CC(C)C)C(=O)N[C@@H](C)C(=O)N[C@@H](C)C(=O)N(C)[C@@H](CC(C)C)C(=O)N(C)[C@H](CC(C)C)C(=O)N(C)[C@@H](C(C)C)C(=O)N1C. The Kier molecular flexibility index (Phi) is 37.3. The van der Waals surface area contributed by atoms with E-state index < -0.39 is 187 Å². The van der Waals surface area contributed by atoms with E-state index in [1.54, 1.807) is 72.8 Å². The highest BCUT2D eigenvalue weighted by Gasteiger charge is 2.46. The van der Waals surface area contributed by atoms with Gasteiger partial charge in [-0.2, -0.15) is 0 Å². The van der Waals surface area contributed by atoms with Gasteiger partial charge in [0.15, 0.2) is 0 Å². The van der Waals surface area contributed by atoms with Crippen LogP contribution in [0.5, 0.6) is 0 Å². The summed E-state index contributed by atoms with van der Waals surface area (Å²) in [4.78, 5) is 170. The number of carbonyl (C=O) groups excluding carboxylic acids is 11. The lowest BCUT2D eigenvalue weighted by atomic mass is 9.91. The third-order valence-electron chi connectivity index (χ3n) is 17.9. The summed E-state index contributed by atoms with van der Waals surface area (Å²) in [6, 6.07) is -13.3. The molecule has 96 heavy (non-hydrogen) atoms. The third kappa shape index (κ3) is 24.7. The minimum absolute atomic E-state index is 0.0450. The van der Waals surface area contributed by atoms with Crippen molar-refractivity contribution in [3.05, 3.63) is 24.3 Å². The first-order valence-corrected chi connectivity index (χ1v) is 33.8. The maximum absolute atomic E-state index is 15.2. The average molecular weight is 1360 g/mol. The van der Waals surface area contributed by atoms with Gasteiger partial charge >= 0.3 is 0 Å². The zero-order valence-electron chi connectivity index (χ0n) is 61.8. The fourth-order valence-corrected chi connectivity index (χ4v) is 11.5. The first-order valence-electron chi connectivity index (χ1n) is 33.8. The zero-order valence-corrected chi connectivity index (χ0v) is 61.8. The highest BCUT2D eigenvalue weighted by molar-refractivity contribution is 5.99. The van der Waals surface area contributed by atoms with E-state index in [0.717, 1.165) is 14.7 Å². The highest BCUT2D eigenvalue weighted by atomic mass is 16.5. The molecule has 1 fully saturated rings. The number of amides is 11. The van der Waals surface area contributed by atoms with Gasteiger partial charge in [-0.05, 0) is 95.3 Å². The number of hydrogen-bond acceptors (Lipinski definition) is 17. The summed E-state index contributed by atoms with van der Waals surface area (Å²) >= 11 is 0. The van der Waals surface area contributed by atoms with Gasteiger partial charge in [-0.3, -0.25) is 52.7 Å². The van der Waals surface area contributed by atoms with Crippen LogP contribution in [-0.4, -0.2) is 287 Å². The summed E-state index contributed by atoms with van der Waals surface area (Å²) in [7, 11) is 9.61. The van der Waals surface area contributed by atoms with E-state index in [1.165, 1.54) is 89.7 Å². The van der Waals surface area contributed by atoms with Gasteiger partial charge in [0.05, 0.1) is 50.7 Å². The molecular weight excluding hydrogens is 1240 g/mol. The van der Waals surface area contributed by atoms with E-state index in [1.807, 2.05) is 41.5 Å². The van der Waals surface area contributed by atoms with Crippen molar-refractivity contribution in [2.24, 2.45) is 35.5 Å². The lowest BCUT2D eigenvalue weighted by Gasteiger charge is -2.41. The Morgan fingerprint density at radius 3 is 1.47 bits per heavy atom. The number of carbonyl (C=O) groups is 11. The Labute approximate surface area is 571 Å². The second-order valence-corrected chi connectivity index (χ2v) is 28.0. The van der Waals surface area contributed by atoms with Crippen molar-refractivity contribution in [1.29, 1.82) is 0 Å². The van der Waals surface area contributed by atoms with E-state index >= 15 is 14.4 Å². The molecule has 1 saturated heterocycles. The van der Waals surface area contributed by atoms with Crippen molar-refractivity contribution in [2.75, 3.05) is 88.9 Å². The van der Waals surface area contributed by atoms with Gasteiger partial charge in [0, 0.05) is 55.9 Å². The van der Waals surface area contributed by atoms with Gasteiger partial charge < -0.3 is 86.0 Å². The van der Waals surface area contributed by atoms with Gasteiger partial charge in [0.2, 0.25) is 65.0 Å². The van der Waals surface area contributed by atoms with Crippen LogP contribution in [0.3, 0.4) is 0 Å². The molecule has 1 aliphatic rings. The fraction of sp³-hybridized carbons (Fsp3) is 0.779. The fourth-order valence-electron chi connectivity index (χ4n) is 11.5. The number of hydrogen-bond donors (Lipinski definition) is 9. The number of likely N-dealkylation sites (N-methyl/N-ethyl adjacent to an activating group) is 7. The van der Waals surface area contributed by atoms with E-state index in [4.69, 9.17) is 4.74 Å². The molecule has 0 aliphatic carbocycles. The molecule has 550 valence electrons. The van der Waals surface area contributed by atoms with Crippen molar-refractivity contribution >= 4 is 65.0 Å². The Bertz CT molecular complexity index is 2630. The summed E-state index contributed by atoms with van der Waals surface area (Å²) in [6.45, 7) is 24.8. The maximum Gasteiger partial charge on any atom is 0.246 e. The van der Waals surface area contributed by atoms with Crippen molar-refractivity contribution in [2.45, 2.75) is 221 Å². The molecule has 9 N–H and O–H groups in total. The molecule has 1 aliphatic heterocycles. The van der Waals surface area contributed by atoms with Crippen molar-refractivity contribution in [1.82, 2.24) is 60.9 Å². The third-order valence-corrected chi connectivity index (χ3v) is 17.9. The average Bonchev–Trinajstić information content (AvgIpc) is 0.807. The number of aliphatic hydroxyl groups excluding tert-OH is 4. The topological polar surface area (TPSA) is 361 Å². The van der Waals surface area contributed by atoms with Gasteiger partial charge in [0.25, 0.3) is 0 Å². The van der Waals surface area contributed by atoms with Crippen LogP contribution in [0.25, 0.3) is 0 Å². The Hall–Kier alpha value is -6.59. The predicted octanol–water partition coefficient (Wildman–Crippen LogP) is 0.489. The van der Waals surface area contributed by atoms with Gasteiger partial charge in [-0.25, -0.2) is 0 Å². The van der Waals surface area contributed by atoms with Crippen LogP contribution in [-0.2, 0) is 57.5 Å². The van der Waals surface area contributed by atoms with Gasteiger partial charge in [-0.1, -0.05) is 107 Å². The Morgan fingerprint density at radius 1 is 0.521 bits per heavy atom. The molecule has 28 nitrogen and oxygen atoms in total. The van der Waals surface area contributed by atoms with Crippen LogP contribution in [0.15, 0.2) is 24.3 Å². The normalized spacial score (nSPS) is 25.8. The number of rotatable bonds is 23. The minimum Gasteiger partial charge on any atom is -0.394 e. The summed E-state index contributed by atoms with van der Waals surface area (Å²) in [5.74, 6) is -10.7. The van der Waals surface area contributed by atoms with E-state index in [2.05, 4.69) is 26.6 Å². The van der Waals surface area contributed by atoms with Crippen LogP contribution in [0.4, 0.5) is 0 Å². The van der Waals surface area contributed by atoms with Crippen LogP contribution in [0.2, 0.25) is 0 Å². The second kappa shape index (κ2) is 41.0. The molecule has 0 unspecified atom stereocenters. The highest BCUT2D eigenvalue weighted by Crippen LogP contribution is 2.26. The van der Waals surface area contributed by atoms with Crippen molar-refractivity contribution in [3.8, 4) is 0 Å². The number of allylic oxidation sites excluding steroid dienone is 2. The molecule has 0 aromatic heterocycles. The van der Waals surface area contributed by atoms with Crippen LogP contribution >= 0.6 is 0 Å². The van der Waals surface area contributed by atoms with Crippen LogP contribution in [0.1, 0.15) is 143 Å². The summed E-state index contributed by atoms with van der Waals surface area (Å²) < 4.78 is 6.12. The summed E-state index contributed by atoms with van der Waals surface area (Å²) in [5.41, 5.74) is -1.38. The molecule has 0 aromatic carbocycles. The van der Waals surface area contributed by atoms with Gasteiger partial charge in [-0.15, -0.1) is 0 Å². The molecule has 1 heterocycles. The molecule has 11 amide bonds. The molecule has 13 atom stereocenters. The number of aliphatic hydroxyl groups is 4. The van der Waals surface area contributed by atoms with Crippen molar-refractivity contribution in [3.63, 3.8) is 0 Å². The number of ether oxygens (including phenoxy) is 1. The zero-order chi connectivity index (χ0) is 74.1. The van der Waals surface area contributed by atoms with Gasteiger partial charge in [0.1, 0.15) is 60.4 Å². The Balaban J connectivity index is 4.40. The maximum atomic E-state index is 15.2. The standard InChI is InChI=1S/C68H122N12O16/c1-24-26-29-44(13)57(85)56-61(89)72-48(25-2)63(91)74(17)35-52(84)78(21)55(47(16)96-31-28-27-30-69-68(36-81,37-82)38-83)60(88)73-53(42(9)10)66(94)75(18)49(32-39(3)4)59(87)70-45(14)58(86)71-46(15)62(90)76(19)50(33-40(5)6)64(92)77(20)51(34-41(7)8)65(93)79(22)54(43(11)12)67(95)80(56)23/h24,26-28,39-51,53-57,69,81-83,85H,25,29-38H2,1-23H3,(H,70,87)(H,71,86)(H,72,89)(H,73,88)/b26-24+,28-27+/t44-,45+,46+,47-,48+,49-,50+,51-,53+,54+,55+,56+,57-/m1/s1. The molecule has 1 rings (SSSR count). The van der Waals surface area contributed by atoms with E-state index in [9.17, 15) is 58.8 Å². The lowest BCUT2D eigenvalue weighted by Crippen LogP contribution is -2.63. The summed E-state index contributed by atoms with van der Waals surface area (Å²) in [6.07, 6.45) is 4.55. The molecule has 28 heteroatoms. The van der Waals surface area contributed by atoms with E-state index in [0.29, 0.717) is 0 Å². The molecule has 0 aromatic rings. The predicted molar refractivity (Wildman–Crippen MR) is 366 cm³/mol. The Morgan fingerprint density at radius 2 is 0.990 bits per heavy atom. The second-order valence-electron chi connectivity index (χ2n) is 28.0. The number of nitrogens with one attached hydrogen (secondary N) is 5. The monoisotopic (exact) mass is 1360 g/mol. The first kappa shape index (κ1) is 87.4. The molecule has 0 radical (unpaired) electrons. The lowest BCUT2D eigenvalue weighted by molar-refractivity contribution is -0.157. The molecule has 0 bridgehead atoms. The smallest absolute Gasteiger partial charge is 0.246 e. The molecule has 0 spiro atoms. The largest absolute Gasteiger partial charge is 0.394 e. The number of nitrogens with zero attached hydrogens (tertiary/aromatic N) is 7. The van der Waals surface area contributed by atoms with E-state index in [-0.39, 0.29) is 63.0 Å². The summed E-state index contributed by atoms with van der Waals surface area (Å²) in [5, 5.41) is 55.2. The molecule has 0 saturated carbocycles. The van der Waals surface area contributed by atoms with Crippen molar-refractivity contribution < 1.29 is 77.9 Å².